The van der Waals surface area contributed by atoms with E-state index in [1.165, 1.54) is 5.56 Å². The molecule has 4 aromatic rings. The van der Waals surface area contributed by atoms with E-state index in [1.54, 1.807) is 11.3 Å². The van der Waals surface area contributed by atoms with Crippen LogP contribution < -0.4 is 15.0 Å². The maximum Gasteiger partial charge on any atom is 0.260 e. The molecule has 5 rings (SSSR count). The molecule has 1 aliphatic heterocycles. The molecular weight excluding hydrogens is 422 g/mol. The van der Waals surface area contributed by atoms with Crippen LogP contribution in [0.15, 0.2) is 53.3 Å². The molecule has 0 unspecified atom stereocenters. The number of aromatic amines is 1. The fourth-order valence-corrected chi connectivity index (χ4v) is 5.19. The van der Waals surface area contributed by atoms with Gasteiger partial charge in [-0.05, 0) is 38.6 Å². The first kappa shape index (κ1) is 20.7. The Hall–Kier alpha value is -3.16. The molecule has 0 aliphatic carbocycles. The first-order valence-electron chi connectivity index (χ1n) is 10.6. The van der Waals surface area contributed by atoms with Crippen molar-refractivity contribution in [2.24, 2.45) is 0 Å². The highest BCUT2D eigenvalue weighted by Gasteiger charge is 2.23. The molecule has 1 atom stereocenters. The molecule has 2 aromatic carbocycles. The van der Waals surface area contributed by atoms with Gasteiger partial charge in [-0.3, -0.25) is 9.69 Å². The Bertz CT molecular complexity index is 1330. The van der Waals surface area contributed by atoms with Crippen molar-refractivity contribution in [1.29, 1.82) is 0 Å². The van der Waals surface area contributed by atoms with Crippen LogP contribution in [0.4, 0.5) is 0 Å². The Kier molecular flexibility index (Phi) is 5.45. The van der Waals surface area contributed by atoms with Gasteiger partial charge in [-0.25, -0.2) is 4.98 Å². The van der Waals surface area contributed by atoms with E-state index in [-0.39, 0.29) is 11.7 Å². The second kappa shape index (κ2) is 8.41. The molecular formula is C25H25N3O3S. The van der Waals surface area contributed by atoms with E-state index < -0.39 is 0 Å². The van der Waals surface area contributed by atoms with Crippen LogP contribution in [-0.2, 0) is 6.54 Å². The topological polar surface area (TPSA) is 67.5 Å². The molecule has 32 heavy (non-hydrogen) atoms. The Morgan fingerprint density at radius 1 is 1.12 bits per heavy atom. The van der Waals surface area contributed by atoms with Crippen LogP contribution in [0.3, 0.4) is 0 Å². The number of likely N-dealkylation sites (N-methyl/N-ethyl adjacent to an activating group) is 1. The van der Waals surface area contributed by atoms with Crippen molar-refractivity contribution in [2.45, 2.75) is 26.5 Å². The lowest BCUT2D eigenvalue weighted by atomic mass is 10.0. The lowest BCUT2D eigenvalue weighted by Gasteiger charge is -2.29. The number of aromatic nitrogens is 2. The van der Waals surface area contributed by atoms with Gasteiger partial charge in [0.25, 0.3) is 5.56 Å². The fourth-order valence-electron chi connectivity index (χ4n) is 4.13. The lowest BCUT2D eigenvalue weighted by Crippen LogP contribution is -2.39. The number of nitrogens with one attached hydrogen (secondary N) is 1. The molecule has 2 aromatic heterocycles. The minimum Gasteiger partial charge on any atom is -0.486 e. The maximum absolute atomic E-state index is 13.0. The average molecular weight is 448 g/mol. The van der Waals surface area contributed by atoms with Crippen molar-refractivity contribution in [3.63, 3.8) is 0 Å². The van der Waals surface area contributed by atoms with Crippen molar-refractivity contribution >= 4 is 21.6 Å². The molecule has 0 radical (unpaired) electrons. The van der Waals surface area contributed by atoms with Crippen LogP contribution in [0, 0.1) is 13.8 Å². The quantitative estimate of drug-likeness (QED) is 0.487. The monoisotopic (exact) mass is 447 g/mol. The van der Waals surface area contributed by atoms with E-state index in [0.29, 0.717) is 30.9 Å². The molecule has 0 fully saturated rings. The molecule has 0 bridgehead atoms. The van der Waals surface area contributed by atoms with Gasteiger partial charge in [0.2, 0.25) is 0 Å². The van der Waals surface area contributed by atoms with Gasteiger partial charge in [-0.1, -0.05) is 42.0 Å². The van der Waals surface area contributed by atoms with E-state index in [4.69, 9.17) is 14.5 Å². The number of hydrogen-bond donors (Lipinski definition) is 1. The summed E-state index contributed by atoms with van der Waals surface area (Å²) in [5.41, 5.74) is 3.12. The van der Waals surface area contributed by atoms with Gasteiger partial charge in [-0.15, -0.1) is 11.3 Å². The van der Waals surface area contributed by atoms with E-state index in [0.717, 1.165) is 32.3 Å². The zero-order chi connectivity index (χ0) is 22.2. The SMILES string of the molecule is Cc1ccc(-c2c(C)sc3nc(CN(C)C[C@H]4COc5ccccc5O4)[nH]c(=O)c23)cc1. The van der Waals surface area contributed by atoms with Crippen LogP contribution in [0.1, 0.15) is 16.3 Å². The van der Waals surface area contributed by atoms with Gasteiger partial charge >= 0.3 is 0 Å². The standard InChI is InChI=1S/C25H25N3O3S/c1-15-8-10-17(11-9-15)22-16(2)32-25-23(22)24(29)26-21(27-25)13-28(3)12-18-14-30-19-6-4-5-7-20(19)31-18/h4-11,18H,12-14H2,1-3H3,(H,26,27,29)/t18-/m0/s1. The zero-order valence-corrected chi connectivity index (χ0v) is 19.2. The number of thiophene rings is 1. The molecule has 1 aliphatic rings. The highest BCUT2D eigenvalue weighted by atomic mass is 32.1. The van der Waals surface area contributed by atoms with Gasteiger partial charge in [0.15, 0.2) is 11.5 Å². The van der Waals surface area contributed by atoms with Crippen LogP contribution in [0.2, 0.25) is 0 Å². The van der Waals surface area contributed by atoms with Crippen molar-refractivity contribution in [3.05, 3.63) is 75.1 Å². The molecule has 1 N–H and O–H groups in total. The molecule has 3 heterocycles. The van der Waals surface area contributed by atoms with Crippen LogP contribution >= 0.6 is 11.3 Å². The highest BCUT2D eigenvalue weighted by Crippen LogP contribution is 2.35. The molecule has 6 nitrogen and oxygen atoms in total. The van der Waals surface area contributed by atoms with Gasteiger partial charge in [0.1, 0.15) is 23.4 Å². The lowest BCUT2D eigenvalue weighted by molar-refractivity contribution is 0.0632. The van der Waals surface area contributed by atoms with E-state index >= 15 is 0 Å². The molecule has 0 saturated carbocycles. The summed E-state index contributed by atoms with van der Waals surface area (Å²) in [6.07, 6.45) is -0.0810. The van der Waals surface area contributed by atoms with E-state index in [1.807, 2.05) is 38.2 Å². The molecule has 0 spiro atoms. The maximum atomic E-state index is 13.0. The Morgan fingerprint density at radius 2 is 1.88 bits per heavy atom. The number of hydrogen-bond acceptors (Lipinski definition) is 6. The third kappa shape index (κ3) is 4.01. The number of nitrogens with zero attached hydrogens (tertiary/aromatic N) is 2. The second-order valence-corrected chi connectivity index (χ2v) is 9.49. The van der Waals surface area contributed by atoms with Crippen molar-refractivity contribution in [3.8, 4) is 22.6 Å². The van der Waals surface area contributed by atoms with Gasteiger partial charge in [0.05, 0.1) is 11.9 Å². The number of fused-ring (bicyclic) bond motifs is 2. The average Bonchev–Trinajstić information content (AvgIpc) is 3.10. The predicted octanol–water partition coefficient (Wildman–Crippen LogP) is 4.54. The number of para-hydroxylation sites is 2. The summed E-state index contributed by atoms with van der Waals surface area (Å²) < 4.78 is 11.9. The summed E-state index contributed by atoms with van der Waals surface area (Å²) in [5.74, 6) is 2.20. The molecule has 0 saturated heterocycles. The zero-order valence-electron chi connectivity index (χ0n) is 18.3. The van der Waals surface area contributed by atoms with Gasteiger partial charge in [0, 0.05) is 17.0 Å². The van der Waals surface area contributed by atoms with E-state index in [2.05, 4.69) is 41.1 Å². The third-order valence-corrected chi connectivity index (χ3v) is 6.63. The first-order valence-corrected chi connectivity index (χ1v) is 11.5. The number of benzene rings is 2. The number of ether oxygens (including phenoxy) is 2. The summed E-state index contributed by atoms with van der Waals surface area (Å²) in [5, 5.41) is 0.670. The van der Waals surface area contributed by atoms with Crippen LogP contribution in [0.25, 0.3) is 21.3 Å². The normalized spacial score (nSPS) is 15.4. The van der Waals surface area contributed by atoms with Crippen molar-refractivity contribution in [2.75, 3.05) is 20.2 Å². The van der Waals surface area contributed by atoms with E-state index in [9.17, 15) is 4.79 Å². The van der Waals surface area contributed by atoms with Crippen LogP contribution in [-0.4, -0.2) is 41.2 Å². The smallest absolute Gasteiger partial charge is 0.260 e. The minimum absolute atomic E-state index is 0.0810. The third-order valence-electron chi connectivity index (χ3n) is 5.63. The number of H-pyrrole nitrogens is 1. The molecule has 164 valence electrons. The fraction of sp³-hybridized carbons (Fsp3) is 0.280. The summed E-state index contributed by atoms with van der Waals surface area (Å²) in [7, 11) is 1.99. The summed E-state index contributed by atoms with van der Waals surface area (Å²) in [4.78, 5) is 24.8. The Labute approximate surface area is 190 Å². The van der Waals surface area contributed by atoms with Crippen molar-refractivity contribution < 1.29 is 9.47 Å². The van der Waals surface area contributed by atoms with Gasteiger partial charge in [-0.2, -0.15) is 0 Å². The second-order valence-electron chi connectivity index (χ2n) is 8.29. The Morgan fingerprint density at radius 3 is 2.66 bits per heavy atom. The minimum atomic E-state index is -0.0931. The number of rotatable bonds is 5. The number of aryl methyl sites for hydroxylation is 2. The summed E-state index contributed by atoms with van der Waals surface area (Å²) in [6, 6.07) is 16.0. The Balaban J connectivity index is 1.35. The van der Waals surface area contributed by atoms with Crippen LogP contribution in [0.5, 0.6) is 11.5 Å². The van der Waals surface area contributed by atoms with Gasteiger partial charge < -0.3 is 14.5 Å². The highest BCUT2D eigenvalue weighted by molar-refractivity contribution is 7.19. The summed E-state index contributed by atoms with van der Waals surface area (Å²) >= 11 is 1.57. The first-order chi connectivity index (χ1) is 15.5. The van der Waals surface area contributed by atoms with Crippen molar-refractivity contribution in [1.82, 2.24) is 14.9 Å². The molecule has 0 amide bonds. The predicted molar refractivity (Wildman–Crippen MR) is 128 cm³/mol. The summed E-state index contributed by atoms with van der Waals surface area (Å²) in [6.45, 7) is 5.78. The molecule has 7 heteroatoms. The largest absolute Gasteiger partial charge is 0.486 e.